The lowest BCUT2D eigenvalue weighted by atomic mass is 10.0. The van der Waals surface area contributed by atoms with Crippen LogP contribution in [-0.4, -0.2) is 9.91 Å². The molecule has 1 heterocycles. The molecule has 0 aliphatic rings. The molecule has 1 N–H and O–H groups in total. The minimum atomic E-state index is -0.333. The zero-order chi connectivity index (χ0) is 16.1. The van der Waals surface area contributed by atoms with Crippen LogP contribution in [0, 0.1) is 17.0 Å². The van der Waals surface area contributed by atoms with Crippen molar-refractivity contribution in [2.75, 3.05) is 0 Å². The van der Waals surface area contributed by atoms with Crippen LogP contribution in [0.1, 0.15) is 42.1 Å². The van der Waals surface area contributed by atoms with Crippen LogP contribution in [-0.2, 0) is 13.0 Å². The highest BCUT2D eigenvalue weighted by molar-refractivity contribution is 5.44. The summed E-state index contributed by atoms with van der Waals surface area (Å²) >= 11 is 0. The van der Waals surface area contributed by atoms with E-state index in [4.69, 9.17) is 0 Å². The first-order valence-electron chi connectivity index (χ1n) is 7.43. The van der Waals surface area contributed by atoms with Gasteiger partial charge in [0.15, 0.2) is 0 Å². The zero-order valence-electron chi connectivity index (χ0n) is 13.2. The second-order valence-corrected chi connectivity index (χ2v) is 5.35. The fraction of sp³-hybridized carbons (Fsp3) is 0.353. The average Bonchev–Trinajstić information content (AvgIpc) is 2.53. The summed E-state index contributed by atoms with van der Waals surface area (Å²) in [6.45, 7) is 6.60. The van der Waals surface area contributed by atoms with Gasteiger partial charge in [-0.1, -0.05) is 19.1 Å². The van der Waals surface area contributed by atoms with Gasteiger partial charge in [-0.2, -0.15) is 0 Å². The SMILES string of the molecule is CCc1cnccc1[C@@H](C)NCc1cccc([N+](=O)[O-])c1C. The number of benzene rings is 1. The Hall–Kier alpha value is -2.27. The number of aryl methyl sites for hydroxylation is 1. The lowest BCUT2D eigenvalue weighted by Gasteiger charge is -2.18. The van der Waals surface area contributed by atoms with Crippen LogP contribution in [0.15, 0.2) is 36.7 Å². The van der Waals surface area contributed by atoms with Gasteiger partial charge in [0.1, 0.15) is 0 Å². The first-order chi connectivity index (χ1) is 10.5. The molecule has 0 bridgehead atoms. The summed E-state index contributed by atoms with van der Waals surface area (Å²) in [6, 6.07) is 7.39. The third-order valence-corrected chi connectivity index (χ3v) is 4.00. The van der Waals surface area contributed by atoms with E-state index in [0.717, 1.165) is 17.5 Å². The Morgan fingerprint density at radius 3 is 2.77 bits per heavy atom. The van der Waals surface area contributed by atoms with Gasteiger partial charge >= 0.3 is 0 Å². The first-order valence-corrected chi connectivity index (χ1v) is 7.43. The number of aromatic nitrogens is 1. The Morgan fingerprint density at radius 1 is 1.32 bits per heavy atom. The summed E-state index contributed by atoms with van der Waals surface area (Å²) < 4.78 is 0. The zero-order valence-corrected chi connectivity index (χ0v) is 13.2. The van der Waals surface area contributed by atoms with Gasteiger partial charge in [-0.15, -0.1) is 0 Å². The molecule has 1 aromatic heterocycles. The van der Waals surface area contributed by atoms with Crippen LogP contribution in [0.5, 0.6) is 0 Å². The summed E-state index contributed by atoms with van der Waals surface area (Å²) in [5, 5.41) is 14.4. The quantitative estimate of drug-likeness (QED) is 0.652. The van der Waals surface area contributed by atoms with Crippen molar-refractivity contribution in [2.45, 2.75) is 39.8 Å². The van der Waals surface area contributed by atoms with Gasteiger partial charge in [0, 0.05) is 36.6 Å². The molecule has 0 radical (unpaired) electrons. The Labute approximate surface area is 130 Å². The number of nitro groups is 1. The highest BCUT2D eigenvalue weighted by atomic mass is 16.6. The van der Waals surface area contributed by atoms with Crippen molar-refractivity contribution in [3.63, 3.8) is 0 Å². The summed E-state index contributed by atoms with van der Waals surface area (Å²) in [7, 11) is 0. The Morgan fingerprint density at radius 2 is 2.09 bits per heavy atom. The van der Waals surface area contributed by atoms with Gasteiger partial charge in [-0.3, -0.25) is 15.1 Å². The van der Waals surface area contributed by atoms with Crippen molar-refractivity contribution >= 4 is 5.69 Å². The summed E-state index contributed by atoms with van der Waals surface area (Å²) in [4.78, 5) is 14.8. The van der Waals surface area contributed by atoms with Gasteiger partial charge < -0.3 is 5.32 Å². The van der Waals surface area contributed by atoms with Gasteiger partial charge in [-0.05, 0) is 43.0 Å². The molecular weight excluding hydrogens is 278 g/mol. The first kappa shape index (κ1) is 16.1. The molecule has 0 fully saturated rings. The second-order valence-electron chi connectivity index (χ2n) is 5.35. The van der Waals surface area contributed by atoms with Crippen LogP contribution >= 0.6 is 0 Å². The molecule has 1 aromatic carbocycles. The van der Waals surface area contributed by atoms with E-state index in [1.165, 1.54) is 11.1 Å². The van der Waals surface area contributed by atoms with Crippen LogP contribution < -0.4 is 5.32 Å². The predicted molar refractivity (Wildman–Crippen MR) is 86.7 cm³/mol. The van der Waals surface area contributed by atoms with Crippen LogP contribution in [0.4, 0.5) is 5.69 Å². The third-order valence-electron chi connectivity index (χ3n) is 4.00. The molecule has 1 atom stereocenters. The van der Waals surface area contributed by atoms with E-state index in [-0.39, 0.29) is 16.7 Å². The molecule has 0 spiro atoms. The van der Waals surface area contributed by atoms with Crippen LogP contribution in [0.3, 0.4) is 0 Å². The minimum absolute atomic E-state index is 0.164. The van der Waals surface area contributed by atoms with E-state index < -0.39 is 0 Å². The molecular formula is C17H21N3O2. The van der Waals surface area contributed by atoms with E-state index in [2.05, 4.69) is 24.1 Å². The maximum Gasteiger partial charge on any atom is 0.272 e. The molecule has 22 heavy (non-hydrogen) atoms. The lowest BCUT2D eigenvalue weighted by Crippen LogP contribution is -2.20. The monoisotopic (exact) mass is 299 g/mol. The molecule has 0 unspecified atom stereocenters. The van der Waals surface area contributed by atoms with Crippen molar-refractivity contribution in [1.82, 2.24) is 10.3 Å². The van der Waals surface area contributed by atoms with Crippen LogP contribution in [0.25, 0.3) is 0 Å². The highest BCUT2D eigenvalue weighted by Crippen LogP contribution is 2.22. The predicted octanol–water partition coefficient (Wildman–Crippen LogP) is 3.71. The van der Waals surface area contributed by atoms with Gasteiger partial charge in [-0.25, -0.2) is 0 Å². The van der Waals surface area contributed by atoms with Crippen molar-refractivity contribution in [3.8, 4) is 0 Å². The van der Waals surface area contributed by atoms with Crippen molar-refractivity contribution in [1.29, 1.82) is 0 Å². The number of hydrogen-bond donors (Lipinski definition) is 1. The molecule has 2 rings (SSSR count). The number of nitro benzene ring substituents is 1. The number of nitrogens with zero attached hydrogens (tertiary/aromatic N) is 2. The fourth-order valence-corrected chi connectivity index (χ4v) is 2.59. The maximum absolute atomic E-state index is 11.0. The third kappa shape index (κ3) is 3.49. The number of rotatable bonds is 6. The molecule has 0 aliphatic carbocycles. The largest absolute Gasteiger partial charge is 0.306 e. The smallest absolute Gasteiger partial charge is 0.272 e. The van der Waals surface area contributed by atoms with Crippen molar-refractivity contribution in [2.24, 2.45) is 0 Å². The van der Waals surface area contributed by atoms with E-state index >= 15 is 0 Å². The molecule has 116 valence electrons. The average molecular weight is 299 g/mol. The molecule has 5 heteroatoms. The van der Waals surface area contributed by atoms with E-state index in [1.807, 2.05) is 18.3 Å². The Balaban J connectivity index is 2.13. The maximum atomic E-state index is 11.0. The van der Waals surface area contributed by atoms with E-state index in [1.54, 1.807) is 25.3 Å². The summed E-state index contributed by atoms with van der Waals surface area (Å²) in [5.74, 6) is 0. The molecule has 0 saturated carbocycles. The molecule has 2 aromatic rings. The fourth-order valence-electron chi connectivity index (χ4n) is 2.59. The number of nitrogens with one attached hydrogen (secondary N) is 1. The number of hydrogen-bond acceptors (Lipinski definition) is 4. The Kier molecular flexibility index (Phi) is 5.22. The Bertz CT molecular complexity index is 671. The minimum Gasteiger partial charge on any atom is -0.306 e. The van der Waals surface area contributed by atoms with Crippen LogP contribution in [0.2, 0.25) is 0 Å². The van der Waals surface area contributed by atoms with Gasteiger partial charge in [0.2, 0.25) is 0 Å². The normalized spacial score (nSPS) is 12.1. The summed E-state index contributed by atoms with van der Waals surface area (Å²) in [5.41, 5.74) is 4.29. The molecule has 0 aliphatic heterocycles. The van der Waals surface area contributed by atoms with E-state index in [9.17, 15) is 10.1 Å². The van der Waals surface area contributed by atoms with Gasteiger partial charge in [0.05, 0.1) is 4.92 Å². The molecule has 5 nitrogen and oxygen atoms in total. The highest BCUT2D eigenvalue weighted by Gasteiger charge is 2.14. The van der Waals surface area contributed by atoms with Crippen molar-refractivity contribution in [3.05, 3.63) is 69.0 Å². The van der Waals surface area contributed by atoms with E-state index in [0.29, 0.717) is 6.54 Å². The standard InChI is InChI=1S/C17H21N3O2/c1-4-14-10-18-9-8-16(14)13(3)19-11-15-6-5-7-17(12(15)2)20(21)22/h5-10,13,19H,4,11H2,1-3H3/t13-/m1/s1. The summed E-state index contributed by atoms with van der Waals surface area (Å²) in [6.07, 6.45) is 4.63. The topological polar surface area (TPSA) is 68.1 Å². The lowest BCUT2D eigenvalue weighted by molar-refractivity contribution is -0.385. The number of pyridine rings is 1. The van der Waals surface area contributed by atoms with Crippen molar-refractivity contribution < 1.29 is 4.92 Å². The molecule has 0 saturated heterocycles. The second kappa shape index (κ2) is 7.13. The van der Waals surface area contributed by atoms with Gasteiger partial charge in [0.25, 0.3) is 5.69 Å². The molecule has 0 amide bonds.